The van der Waals surface area contributed by atoms with Crippen LogP contribution in [0.4, 0.5) is 13.2 Å². The molecular formula is C20H20F3NO2. The average molecular weight is 363 g/mol. The summed E-state index contributed by atoms with van der Waals surface area (Å²) in [5.74, 6) is -0.255. The van der Waals surface area contributed by atoms with Gasteiger partial charge in [0.1, 0.15) is 12.4 Å². The van der Waals surface area contributed by atoms with Crippen LogP contribution in [0.2, 0.25) is 0 Å². The van der Waals surface area contributed by atoms with Crippen LogP contribution in [0.25, 0.3) is 0 Å². The van der Waals surface area contributed by atoms with Crippen LogP contribution in [0.1, 0.15) is 40.7 Å². The molecule has 2 aromatic rings. The Morgan fingerprint density at radius 3 is 2.46 bits per heavy atom. The molecule has 0 radical (unpaired) electrons. The molecule has 0 bridgehead atoms. The molecule has 0 unspecified atom stereocenters. The number of para-hydroxylation sites is 1. The Balaban J connectivity index is 1.71. The number of ether oxygens (including phenoxy) is 1. The topological polar surface area (TPSA) is 29.5 Å². The number of amides is 1. The predicted octanol–water partition coefficient (Wildman–Crippen LogP) is 4.91. The van der Waals surface area contributed by atoms with Crippen LogP contribution in [0.3, 0.4) is 0 Å². The lowest BCUT2D eigenvalue weighted by atomic mass is 10.1. The van der Waals surface area contributed by atoms with Crippen molar-refractivity contribution < 1.29 is 22.7 Å². The number of hydrogen-bond acceptors (Lipinski definition) is 2. The lowest BCUT2D eigenvalue weighted by Crippen LogP contribution is -2.35. The first-order chi connectivity index (χ1) is 12.4. The first-order valence-corrected chi connectivity index (χ1v) is 8.62. The van der Waals surface area contributed by atoms with Gasteiger partial charge in [0.25, 0.3) is 5.91 Å². The van der Waals surface area contributed by atoms with Gasteiger partial charge < -0.3 is 9.64 Å². The molecule has 0 spiro atoms. The van der Waals surface area contributed by atoms with E-state index in [1.165, 1.54) is 18.2 Å². The molecule has 0 aromatic heterocycles. The van der Waals surface area contributed by atoms with Crippen molar-refractivity contribution in [3.8, 4) is 5.75 Å². The van der Waals surface area contributed by atoms with Crippen molar-refractivity contribution in [3.63, 3.8) is 0 Å². The monoisotopic (exact) mass is 363 g/mol. The average Bonchev–Trinajstić information content (AvgIpc) is 2.66. The van der Waals surface area contributed by atoms with Gasteiger partial charge in [0.2, 0.25) is 0 Å². The van der Waals surface area contributed by atoms with Gasteiger partial charge in [-0.1, -0.05) is 24.3 Å². The van der Waals surface area contributed by atoms with Crippen LogP contribution in [-0.2, 0) is 12.8 Å². The van der Waals surface area contributed by atoms with Gasteiger partial charge in [0.15, 0.2) is 0 Å². The molecule has 1 aliphatic rings. The summed E-state index contributed by atoms with van der Waals surface area (Å²) in [5.41, 5.74) is 0.391. The highest BCUT2D eigenvalue weighted by atomic mass is 19.4. The highest BCUT2D eigenvalue weighted by Crippen LogP contribution is 2.36. The zero-order valence-electron chi connectivity index (χ0n) is 14.3. The summed E-state index contributed by atoms with van der Waals surface area (Å²) in [6, 6.07) is 12.0. The van der Waals surface area contributed by atoms with Gasteiger partial charge in [-0.25, -0.2) is 0 Å². The summed E-state index contributed by atoms with van der Waals surface area (Å²) in [4.78, 5) is 14.4. The summed E-state index contributed by atoms with van der Waals surface area (Å²) in [6.45, 7) is 1.46. The maximum absolute atomic E-state index is 13.0. The maximum Gasteiger partial charge on any atom is 0.419 e. The number of hydrogen-bond donors (Lipinski definition) is 0. The predicted molar refractivity (Wildman–Crippen MR) is 92.0 cm³/mol. The van der Waals surface area contributed by atoms with E-state index in [0.717, 1.165) is 38.4 Å². The van der Waals surface area contributed by atoms with E-state index >= 15 is 0 Å². The third-order valence-electron chi connectivity index (χ3n) is 4.40. The van der Waals surface area contributed by atoms with E-state index in [-0.39, 0.29) is 18.3 Å². The van der Waals surface area contributed by atoms with Gasteiger partial charge >= 0.3 is 6.18 Å². The highest BCUT2D eigenvalue weighted by molar-refractivity contribution is 5.94. The van der Waals surface area contributed by atoms with Crippen molar-refractivity contribution in [2.75, 3.05) is 13.1 Å². The van der Waals surface area contributed by atoms with Gasteiger partial charge in [-0.3, -0.25) is 4.79 Å². The summed E-state index contributed by atoms with van der Waals surface area (Å²) in [5, 5.41) is 0. The molecule has 1 fully saturated rings. The highest BCUT2D eigenvalue weighted by Gasteiger charge is 2.34. The second-order valence-corrected chi connectivity index (χ2v) is 6.34. The van der Waals surface area contributed by atoms with Crippen LogP contribution in [-0.4, -0.2) is 23.9 Å². The third kappa shape index (κ3) is 4.36. The Bertz CT molecular complexity index is 768. The number of halogens is 3. The van der Waals surface area contributed by atoms with Gasteiger partial charge in [-0.2, -0.15) is 13.2 Å². The summed E-state index contributed by atoms with van der Waals surface area (Å²) >= 11 is 0. The van der Waals surface area contributed by atoms with E-state index in [4.69, 9.17) is 4.74 Å². The largest absolute Gasteiger partial charge is 0.488 e. The first-order valence-electron chi connectivity index (χ1n) is 8.62. The fraction of sp³-hybridized carbons (Fsp3) is 0.350. The molecule has 3 nitrogen and oxygen atoms in total. The lowest BCUT2D eigenvalue weighted by Gasteiger charge is -2.26. The molecule has 6 heteroatoms. The fourth-order valence-electron chi connectivity index (χ4n) is 3.06. The van der Waals surface area contributed by atoms with Crippen molar-refractivity contribution >= 4 is 5.91 Å². The first kappa shape index (κ1) is 18.3. The second kappa shape index (κ2) is 7.81. The fourth-order valence-corrected chi connectivity index (χ4v) is 3.06. The maximum atomic E-state index is 13.0. The number of likely N-dealkylation sites (tertiary alicyclic amines) is 1. The van der Waals surface area contributed by atoms with Crippen molar-refractivity contribution in [2.45, 2.75) is 32.0 Å². The molecule has 26 heavy (non-hydrogen) atoms. The van der Waals surface area contributed by atoms with Gasteiger partial charge in [0, 0.05) is 18.7 Å². The second-order valence-electron chi connectivity index (χ2n) is 6.34. The van der Waals surface area contributed by atoms with Crippen LogP contribution in [0.5, 0.6) is 5.75 Å². The molecule has 1 saturated heterocycles. The number of carbonyl (C=O) groups excluding carboxylic acids is 1. The normalized spacial score (nSPS) is 15.0. The number of piperidine rings is 1. The molecule has 1 amide bonds. The molecule has 0 atom stereocenters. The van der Waals surface area contributed by atoms with E-state index in [2.05, 4.69) is 0 Å². The molecule has 1 aliphatic heterocycles. The van der Waals surface area contributed by atoms with E-state index < -0.39 is 11.7 Å². The Morgan fingerprint density at radius 1 is 1.00 bits per heavy atom. The van der Waals surface area contributed by atoms with Crippen molar-refractivity contribution in [2.24, 2.45) is 0 Å². The van der Waals surface area contributed by atoms with Gasteiger partial charge in [-0.05, 0) is 49.1 Å². The standard InChI is InChI=1S/C20H20F3NO2/c21-20(22,23)17-9-2-3-10-18(17)26-14-15-7-6-8-16(13-15)19(25)24-11-4-1-5-12-24/h2-3,6-10,13H,1,4-5,11-12,14H2. The van der Waals surface area contributed by atoms with Crippen LogP contribution in [0.15, 0.2) is 48.5 Å². The number of alkyl halides is 3. The number of carbonyl (C=O) groups is 1. The Hall–Kier alpha value is -2.50. The quantitative estimate of drug-likeness (QED) is 0.772. The molecule has 0 aliphatic carbocycles. The number of nitrogens with zero attached hydrogens (tertiary/aromatic N) is 1. The van der Waals surface area contributed by atoms with Crippen LogP contribution in [0, 0.1) is 0 Å². The molecule has 1 heterocycles. The van der Waals surface area contributed by atoms with Gasteiger partial charge in [-0.15, -0.1) is 0 Å². The van der Waals surface area contributed by atoms with Crippen molar-refractivity contribution in [3.05, 3.63) is 65.2 Å². The minimum Gasteiger partial charge on any atom is -0.488 e. The Morgan fingerprint density at radius 2 is 1.73 bits per heavy atom. The molecule has 2 aromatic carbocycles. The van der Waals surface area contributed by atoms with Crippen LogP contribution < -0.4 is 4.74 Å². The summed E-state index contributed by atoms with van der Waals surface area (Å²) in [7, 11) is 0. The minimum atomic E-state index is -4.47. The number of rotatable bonds is 4. The van der Waals surface area contributed by atoms with E-state index in [9.17, 15) is 18.0 Å². The van der Waals surface area contributed by atoms with E-state index in [1.807, 2.05) is 4.90 Å². The molecule has 0 N–H and O–H groups in total. The number of benzene rings is 2. The van der Waals surface area contributed by atoms with E-state index in [0.29, 0.717) is 11.1 Å². The third-order valence-corrected chi connectivity index (χ3v) is 4.40. The van der Waals surface area contributed by atoms with Crippen molar-refractivity contribution in [1.29, 1.82) is 0 Å². The summed E-state index contributed by atoms with van der Waals surface area (Å²) in [6.07, 6.45) is -1.33. The van der Waals surface area contributed by atoms with Crippen molar-refractivity contribution in [1.82, 2.24) is 4.90 Å². The molecule has 138 valence electrons. The van der Waals surface area contributed by atoms with E-state index in [1.54, 1.807) is 24.3 Å². The SMILES string of the molecule is O=C(c1cccc(COc2ccccc2C(F)(F)F)c1)N1CCCCC1. The lowest BCUT2D eigenvalue weighted by molar-refractivity contribution is -0.139. The van der Waals surface area contributed by atoms with Crippen LogP contribution >= 0.6 is 0 Å². The van der Waals surface area contributed by atoms with Gasteiger partial charge in [0.05, 0.1) is 5.56 Å². The zero-order chi connectivity index (χ0) is 18.6. The Labute approximate surface area is 150 Å². The smallest absolute Gasteiger partial charge is 0.419 e. The minimum absolute atomic E-state index is 0.0335. The Kier molecular flexibility index (Phi) is 5.49. The summed E-state index contributed by atoms with van der Waals surface area (Å²) < 4.78 is 44.4. The molecule has 0 saturated carbocycles. The zero-order valence-corrected chi connectivity index (χ0v) is 14.3. The molecule has 3 rings (SSSR count). The molecular weight excluding hydrogens is 343 g/mol.